The second-order valence-corrected chi connectivity index (χ2v) is 8.65. The SMILES string of the molecule is CCOc1ccc(C(C)NC(=S)Nc2ccc(CSc3ccccc3)cc2)cc1OCC. The van der Waals surface area contributed by atoms with Gasteiger partial charge in [-0.1, -0.05) is 36.4 Å². The lowest BCUT2D eigenvalue weighted by atomic mass is 10.1. The first-order valence-electron chi connectivity index (χ1n) is 10.8. The van der Waals surface area contributed by atoms with E-state index in [1.54, 1.807) is 0 Å². The fourth-order valence-electron chi connectivity index (χ4n) is 3.15. The monoisotopic (exact) mass is 466 g/mol. The van der Waals surface area contributed by atoms with Crippen molar-refractivity contribution in [1.82, 2.24) is 5.32 Å². The molecule has 0 aliphatic rings. The first-order valence-corrected chi connectivity index (χ1v) is 12.2. The number of nitrogens with one attached hydrogen (secondary N) is 2. The molecule has 0 aliphatic heterocycles. The van der Waals surface area contributed by atoms with Crippen molar-refractivity contribution in [1.29, 1.82) is 0 Å². The van der Waals surface area contributed by atoms with Crippen LogP contribution in [-0.4, -0.2) is 18.3 Å². The van der Waals surface area contributed by atoms with E-state index < -0.39 is 0 Å². The Hall–Kier alpha value is -2.70. The van der Waals surface area contributed by atoms with E-state index in [4.69, 9.17) is 21.7 Å². The molecule has 0 fully saturated rings. The van der Waals surface area contributed by atoms with Crippen LogP contribution >= 0.6 is 24.0 Å². The number of thiocarbonyl (C=S) groups is 1. The van der Waals surface area contributed by atoms with Gasteiger partial charge in [0.15, 0.2) is 16.6 Å². The number of thioether (sulfide) groups is 1. The fourth-order valence-corrected chi connectivity index (χ4v) is 4.32. The molecule has 32 heavy (non-hydrogen) atoms. The summed E-state index contributed by atoms with van der Waals surface area (Å²) >= 11 is 7.36. The van der Waals surface area contributed by atoms with Crippen molar-refractivity contribution in [3.63, 3.8) is 0 Å². The number of benzene rings is 3. The van der Waals surface area contributed by atoms with Gasteiger partial charge in [0.05, 0.1) is 19.3 Å². The van der Waals surface area contributed by atoms with E-state index in [1.165, 1.54) is 10.5 Å². The summed E-state index contributed by atoms with van der Waals surface area (Å²) in [7, 11) is 0. The highest BCUT2D eigenvalue weighted by Crippen LogP contribution is 2.31. The standard InChI is InChI=1S/C26H30N2O2S2/c1-4-29-24-16-13-21(17-25(24)30-5-2)19(3)27-26(31)28-22-14-11-20(12-15-22)18-32-23-9-7-6-8-10-23/h6-17,19H,4-5,18H2,1-3H3,(H2,27,28,31). The summed E-state index contributed by atoms with van der Waals surface area (Å²) in [6.07, 6.45) is 0. The van der Waals surface area contributed by atoms with E-state index in [9.17, 15) is 0 Å². The third-order valence-corrected chi connectivity index (χ3v) is 6.08. The maximum Gasteiger partial charge on any atom is 0.171 e. The lowest BCUT2D eigenvalue weighted by molar-refractivity contribution is 0.287. The van der Waals surface area contributed by atoms with Crippen LogP contribution in [0.2, 0.25) is 0 Å². The Morgan fingerprint density at radius 2 is 1.59 bits per heavy atom. The summed E-state index contributed by atoms with van der Waals surface area (Å²) in [5, 5.41) is 7.20. The van der Waals surface area contributed by atoms with Gasteiger partial charge in [-0.05, 0) is 80.5 Å². The van der Waals surface area contributed by atoms with Crippen molar-refractivity contribution in [2.24, 2.45) is 0 Å². The predicted molar refractivity (Wildman–Crippen MR) is 139 cm³/mol. The molecule has 0 aromatic heterocycles. The number of ether oxygens (including phenoxy) is 2. The van der Waals surface area contributed by atoms with E-state index in [0.29, 0.717) is 18.3 Å². The van der Waals surface area contributed by atoms with Crippen LogP contribution in [0, 0.1) is 0 Å². The molecule has 6 heteroatoms. The molecule has 3 rings (SSSR count). The zero-order valence-electron chi connectivity index (χ0n) is 18.8. The Morgan fingerprint density at radius 1 is 0.906 bits per heavy atom. The molecule has 0 amide bonds. The summed E-state index contributed by atoms with van der Waals surface area (Å²) in [6, 6.07) is 24.8. The molecule has 4 nitrogen and oxygen atoms in total. The molecule has 0 bridgehead atoms. The Labute approximate surface area is 200 Å². The summed E-state index contributed by atoms with van der Waals surface area (Å²) in [5.74, 6) is 2.45. The Kier molecular flexibility index (Phi) is 9.26. The van der Waals surface area contributed by atoms with E-state index >= 15 is 0 Å². The lowest BCUT2D eigenvalue weighted by Gasteiger charge is -2.19. The average molecular weight is 467 g/mol. The predicted octanol–water partition coefficient (Wildman–Crippen LogP) is 6.82. The summed E-state index contributed by atoms with van der Waals surface area (Å²) in [5.41, 5.74) is 3.31. The minimum Gasteiger partial charge on any atom is -0.490 e. The van der Waals surface area contributed by atoms with Gasteiger partial charge in [-0.3, -0.25) is 0 Å². The molecule has 0 heterocycles. The third-order valence-electron chi connectivity index (χ3n) is 4.78. The van der Waals surface area contributed by atoms with Crippen molar-refractivity contribution < 1.29 is 9.47 Å². The quantitative estimate of drug-likeness (QED) is 0.252. The van der Waals surface area contributed by atoms with Gasteiger partial charge in [-0.15, -0.1) is 11.8 Å². The largest absolute Gasteiger partial charge is 0.490 e. The summed E-state index contributed by atoms with van der Waals surface area (Å²) in [4.78, 5) is 1.27. The van der Waals surface area contributed by atoms with Crippen LogP contribution in [0.15, 0.2) is 77.7 Å². The van der Waals surface area contributed by atoms with Crippen molar-refractivity contribution in [3.05, 3.63) is 83.9 Å². The lowest BCUT2D eigenvalue weighted by Crippen LogP contribution is -2.30. The maximum absolute atomic E-state index is 5.74. The number of rotatable bonds is 10. The molecule has 2 N–H and O–H groups in total. The number of anilines is 1. The second kappa shape index (κ2) is 12.4. The molecule has 0 saturated carbocycles. The van der Waals surface area contributed by atoms with Gasteiger partial charge in [-0.2, -0.15) is 0 Å². The van der Waals surface area contributed by atoms with Gasteiger partial charge in [-0.25, -0.2) is 0 Å². The molecular formula is C26H30N2O2S2. The Bertz CT molecular complexity index is 994. The molecule has 1 atom stereocenters. The Balaban J connectivity index is 1.54. The zero-order valence-corrected chi connectivity index (χ0v) is 20.4. The first-order chi connectivity index (χ1) is 15.6. The molecule has 0 radical (unpaired) electrons. The van der Waals surface area contributed by atoms with E-state index in [1.807, 2.05) is 49.9 Å². The van der Waals surface area contributed by atoms with Gasteiger partial charge < -0.3 is 20.1 Å². The molecule has 3 aromatic rings. The van der Waals surface area contributed by atoms with Crippen molar-refractivity contribution in [3.8, 4) is 11.5 Å². The molecule has 3 aromatic carbocycles. The Morgan fingerprint density at radius 3 is 2.28 bits per heavy atom. The van der Waals surface area contributed by atoms with Crippen LogP contribution in [0.1, 0.15) is 37.9 Å². The number of hydrogen-bond donors (Lipinski definition) is 2. The highest BCUT2D eigenvalue weighted by molar-refractivity contribution is 7.98. The molecule has 168 valence electrons. The maximum atomic E-state index is 5.74. The summed E-state index contributed by atoms with van der Waals surface area (Å²) in [6.45, 7) is 7.20. The van der Waals surface area contributed by atoms with Crippen molar-refractivity contribution in [2.45, 2.75) is 37.5 Å². The highest BCUT2D eigenvalue weighted by Gasteiger charge is 2.12. The molecule has 1 unspecified atom stereocenters. The molecule has 0 aliphatic carbocycles. The van der Waals surface area contributed by atoms with Crippen LogP contribution in [0.5, 0.6) is 11.5 Å². The first kappa shape index (κ1) is 24.0. The van der Waals surface area contributed by atoms with Crippen LogP contribution in [0.4, 0.5) is 5.69 Å². The van der Waals surface area contributed by atoms with Crippen LogP contribution in [0.3, 0.4) is 0 Å². The third kappa shape index (κ3) is 7.18. The highest BCUT2D eigenvalue weighted by atomic mass is 32.2. The van der Waals surface area contributed by atoms with Crippen LogP contribution in [0.25, 0.3) is 0 Å². The fraction of sp³-hybridized carbons (Fsp3) is 0.269. The van der Waals surface area contributed by atoms with Crippen molar-refractivity contribution in [2.75, 3.05) is 18.5 Å². The van der Waals surface area contributed by atoms with E-state index in [-0.39, 0.29) is 6.04 Å². The number of hydrogen-bond acceptors (Lipinski definition) is 4. The van der Waals surface area contributed by atoms with E-state index in [2.05, 4.69) is 66.1 Å². The van der Waals surface area contributed by atoms with Crippen LogP contribution in [-0.2, 0) is 5.75 Å². The van der Waals surface area contributed by atoms with E-state index in [0.717, 1.165) is 28.5 Å². The molecule has 0 spiro atoms. The second-order valence-electron chi connectivity index (χ2n) is 7.19. The van der Waals surface area contributed by atoms with Gasteiger partial charge in [0.1, 0.15) is 0 Å². The van der Waals surface area contributed by atoms with Crippen LogP contribution < -0.4 is 20.1 Å². The van der Waals surface area contributed by atoms with Crippen molar-refractivity contribution >= 4 is 34.8 Å². The minimum absolute atomic E-state index is 0.0198. The molecule has 0 saturated heterocycles. The van der Waals surface area contributed by atoms with Gasteiger partial charge >= 0.3 is 0 Å². The topological polar surface area (TPSA) is 42.5 Å². The van der Waals surface area contributed by atoms with Gasteiger partial charge in [0.25, 0.3) is 0 Å². The smallest absolute Gasteiger partial charge is 0.171 e. The van der Waals surface area contributed by atoms with Gasteiger partial charge in [0.2, 0.25) is 0 Å². The minimum atomic E-state index is 0.0198. The molecular weight excluding hydrogens is 436 g/mol. The average Bonchev–Trinajstić information content (AvgIpc) is 2.80. The van der Waals surface area contributed by atoms with Gasteiger partial charge in [0, 0.05) is 16.3 Å². The zero-order chi connectivity index (χ0) is 22.8. The summed E-state index contributed by atoms with van der Waals surface area (Å²) < 4.78 is 11.4. The normalized spacial score (nSPS) is 11.5.